The summed E-state index contributed by atoms with van der Waals surface area (Å²) in [6, 6.07) is 3.07. The molecule has 1 aromatic rings. The molecule has 2 N–H and O–H groups in total. The van der Waals surface area contributed by atoms with Gasteiger partial charge in [-0.2, -0.15) is 0 Å². The fourth-order valence-electron chi connectivity index (χ4n) is 7.02. The molecule has 4 heteroatoms. The number of carbonyl (C=O) groups is 2. The second kappa shape index (κ2) is 8.01. The van der Waals surface area contributed by atoms with Crippen molar-refractivity contribution in [3.8, 4) is 0 Å². The van der Waals surface area contributed by atoms with Crippen LogP contribution in [0.15, 0.2) is 12.1 Å². The third kappa shape index (κ3) is 4.73. The van der Waals surface area contributed by atoms with Gasteiger partial charge in [-0.3, -0.25) is 0 Å². The first-order chi connectivity index (χ1) is 13.8. The summed E-state index contributed by atoms with van der Waals surface area (Å²) in [5.74, 6) is -0.731. The Kier molecular flexibility index (Phi) is 6.10. The number of carboxylic acid groups (broad SMARTS) is 2. The van der Waals surface area contributed by atoms with Gasteiger partial charge in [0.15, 0.2) is 0 Å². The molecule has 1 aromatic carbocycles. The van der Waals surface area contributed by atoms with Crippen LogP contribution in [0.1, 0.15) is 124 Å². The molecular formula is C26H38O4. The Hall–Kier alpha value is -1.84. The summed E-state index contributed by atoms with van der Waals surface area (Å²) in [5, 5.41) is 20.1. The molecule has 0 heterocycles. The molecule has 4 nitrogen and oxygen atoms in total. The molecule has 0 radical (unpaired) electrons. The van der Waals surface area contributed by atoms with E-state index in [2.05, 4.69) is 41.5 Å². The topological polar surface area (TPSA) is 74.6 Å². The van der Waals surface area contributed by atoms with Crippen LogP contribution in [0.2, 0.25) is 0 Å². The van der Waals surface area contributed by atoms with Gasteiger partial charge in [-0.1, -0.05) is 41.5 Å². The van der Waals surface area contributed by atoms with Crippen LogP contribution in [-0.2, 0) is 0 Å². The molecule has 0 aromatic heterocycles. The highest BCUT2D eigenvalue weighted by atomic mass is 16.4. The van der Waals surface area contributed by atoms with E-state index in [1.165, 1.54) is 12.1 Å². The minimum absolute atomic E-state index is 0.0875. The predicted octanol–water partition coefficient (Wildman–Crippen LogP) is 6.94. The largest absolute Gasteiger partial charge is 0.478 e. The molecule has 2 saturated carbocycles. The molecule has 30 heavy (non-hydrogen) atoms. The van der Waals surface area contributed by atoms with Crippen molar-refractivity contribution in [1.29, 1.82) is 0 Å². The highest BCUT2D eigenvalue weighted by molar-refractivity contribution is 5.95. The Morgan fingerprint density at radius 3 is 1.33 bits per heavy atom. The van der Waals surface area contributed by atoms with Crippen LogP contribution < -0.4 is 0 Å². The number of hydrogen-bond donors (Lipinski definition) is 2. The van der Waals surface area contributed by atoms with Gasteiger partial charge in [-0.05, 0) is 96.3 Å². The molecule has 2 aliphatic rings. The molecule has 166 valence electrons. The van der Waals surface area contributed by atoms with Gasteiger partial charge >= 0.3 is 11.9 Å². The molecule has 2 aliphatic carbocycles. The smallest absolute Gasteiger partial charge is 0.335 e. The van der Waals surface area contributed by atoms with Gasteiger partial charge in [-0.15, -0.1) is 0 Å². The van der Waals surface area contributed by atoms with E-state index in [1.54, 1.807) is 0 Å². The van der Waals surface area contributed by atoms with E-state index in [-0.39, 0.29) is 22.7 Å². The van der Waals surface area contributed by atoms with Crippen molar-refractivity contribution >= 4 is 11.9 Å². The third-order valence-electron chi connectivity index (χ3n) is 7.34. The summed E-state index contributed by atoms with van der Waals surface area (Å²) in [4.78, 5) is 24.5. The Labute approximate surface area is 181 Å². The number of carboxylic acids is 2. The molecule has 3 rings (SSSR count). The fraction of sp³-hybridized carbons (Fsp3) is 0.692. The van der Waals surface area contributed by atoms with Crippen LogP contribution in [0.3, 0.4) is 0 Å². The Bertz CT molecular complexity index is 767. The van der Waals surface area contributed by atoms with E-state index < -0.39 is 11.9 Å². The van der Waals surface area contributed by atoms with E-state index in [0.29, 0.717) is 23.0 Å². The van der Waals surface area contributed by atoms with Gasteiger partial charge in [0, 0.05) is 0 Å². The van der Waals surface area contributed by atoms with Crippen LogP contribution in [0, 0.1) is 22.7 Å². The van der Waals surface area contributed by atoms with Gasteiger partial charge in [0.25, 0.3) is 0 Å². The van der Waals surface area contributed by atoms with E-state index in [4.69, 9.17) is 0 Å². The first-order valence-corrected chi connectivity index (χ1v) is 11.4. The highest BCUT2D eigenvalue weighted by Gasteiger charge is 2.40. The van der Waals surface area contributed by atoms with Gasteiger partial charge in [-0.25, -0.2) is 9.59 Å². The predicted molar refractivity (Wildman–Crippen MR) is 119 cm³/mol. The number of hydrogen-bond acceptors (Lipinski definition) is 2. The van der Waals surface area contributed by atoms with Gasteiger partial charge in [0.05, 0.1) is 11.1 Å². The number of rotatable bonds is 4. The summed E-state index contributed by atoms with van der Waals surface area (Å²) in [6.45, 7) is 13.5. The summed E-state index contributed by atoms with van der Waals surface area (Å²) in [7, 11) is 0. The van der Waals surface area contributed by atoms with Crippen molar-refractivity contribution in [2.45, 2.75) is 91.9 Å². The summed E-state index contributed by atoms with van der Waals surface area (Å²) >= 11 is 0. The van der Waals surface area contributed by atoms with E-state index in [1.807, 2.05) is 0 Å². The average molecular weight is 415 g/mol. The highest BCUT2D eigenvalue weighted by Crippen LogP contribution is 2.52. The van der Waals surface area contributed by atoms with Crippen molar-refractivity contribution in [1.82, 2.24) is 0 Å². The maximum Gasteiger partial charge on any atom is 0.335 e. The van der Waals surface area contributed by atoms with Gasteiger partial charge < -0.3 is 10.2 Å². The first-order valence-electron chi connectivity index (χ1n) is 11.4. The number of benzene rings is 1. The fourth-order valence-corrected chi connectivity index (χ4v) is 7.02. The van der Waals surface area contributed by atoms with Crippen LogP contribution in [0.4, 0.5) is 0 Å². The summed E-state index contributed by atoms with van der Waals surface area (Å²) in [6.07, 6.45) is 5.89. The lowest BCUT2D eigenvalue weighted by Gasteiger charge is -2.43. The zero-order chi connectivity index (χ0) is 22.4. The maximum atomic E-state index is 12.3. The SMILES string of the molecule is C[C@@H]1C[C@H](c2c(C(=O)O)ccc(C(=O)O)c2[C@H]2C[C@@H](C)CC(C)(C)C2)CC(C)(C)C1. The molecule has 0 aliphatic heterocycles. The monoisotopic (exact) mass is 414 g/mol. The van der Waals surface area contributed by atoms with Crippen molar-refractivity contribution in [3.63, 3.8) is 0 Å². The number of aromatic carboxylic acids is 2. The average Bonchev–Trinajstić information content (AvgIpc) is 2.56. The van der Waals surface area contributed by atoms with E-state index in [0.717, 1.165) is 49.7 Å². The molecule has 0 amide bonds. The summed E-state index contributed by atoms with van der Waals surface area (Å²) < 4.78 is 0. The standard InChI is InChI=1S/C26H38O4/c1-15-9-17(13-25(3,4)11-15)21-19(23(27)28)7-8-20(24(29)30)22(21)18-10-16(2)12-26(5,6)14-18/h7-8,15-18H,9-14H2,1-6H3,(H,27,28)(H,29,30)/t15-,16-,17+,18+/m1/s1. The molecule has 2 fully saturated rings. The van der Waals surface area contributed by atoms with Crippen molar-refractivity contribution in [3.05, 3.63) is 34.4 Å². The van der Waals surface area contributed by atoms with E-state index >= 15 is 0 Å². The lowest BCUT2D eigenvalue weighted by atomic mass is 9.61. The maximum absolute atomic E-state index is 12.3. The minimum Gasteiger partial charge on any atom is -0.478 e. The van der Waals surface area contributed by atoms with Crippen molar-refractivity contribution in [2.24, 2.45) is 22.7 Å². The van der Waals surface area contributed by atoms with Crippen LogP contribution in [0.25, 0.3) is 0 Å². The lowest BCUT2D eigenvalue weighted by Crippen LogP contribution is -2.31. The lowest BCUT2D eigenvalue weighted by molar-refractivity contribution is 0.0674. The normalized spacial score (nSPS) is 30.6. The molecule has 0 unspecified atom stereocenters. The molecule has 0 spiro atoms. The zero-order valence-corrected chi connectivity index (χ0v) is 19.4. The molecule has 0 saturated heterocycles. The van der Waals surface area contributed by atoms with Crippen molar-refractivity contribution < 1.29 is 19.8 Å². The Balaban J connectivity index is 2.24. The van der Waals surface area contributed by atoms with Crippen LogP contribution in [0.5, 0.6) is 0 Å². The third-order valence-corrected chi connectivity index (χ3v) is 7.34. The van der Waals surface area contributed by atoms with Gasteiger partial charge in [0.1, 0.15) is 0 Å². The van der Waals surface area contributed by atoms with Crippen LogP contribution >= 0.6 is 0 Å². The second-order valence-corrected chi connectivity index (χ2v) is 11.8. The second-order valence-electron chi connectivity index (χ2n) is 11.8. The molecule has 4 atom stereocenters. The Morgan fingerprint density at radius 1 is 0.733 bits per heavy atom. The molecular weight excluding hydrogens is 376 g/mol. The van der Waals surface area contributed by atoms with Crippen molar-refractivity contribution in [2.75, 3.05) is 0 Å². The first kappa shape index (κ1) is 22.8. The quantitative estimate of drug-likeness (QED) is 0.559. The molecule has 0 bridgehead atoms. The van der Waals surface area contributed by atoms with E-state index in [9.17, 15) is 19.8 Å². The Morgan fingerprint density at radius 2 is 1.07 bits per heavy atom. The minimum atomic E-state index is -0.942. The van der Waals surface area contributed by atoms with Gasteiger partial charge in [0.2, 0.25) is 0 Å². The zero-order valence-electron chi connectivity index (χ0n) is 19.4. The summed E-state index contributed by atoms with van der Waals surface area (Å²) in [5.41, 5.74) is 2.48. The van der Waals surface area contributed by atoms with Crippen LogP contribution in [-0.4, -0.2) is 22.2 Å².